The van der Waals surface area contributed by atoms with Crippen LogP contribution in [0.5, 0.6) is 5.75 Å². The minimum atomic E-state index is -0.482. The van der Waals surface area contributed by atoms with Crippen molar-refractivity contribution < 1.29 is 9.66 Å². The normalized spacial score (nSPS) is 9.82. The Morgan fingerprint density at radius 3 is 2.64 bits per heavy atom. The molecule has 0 heterocycles. The standard InChI is InChI=1S/C16H15N3O3/c1-12-2-5-14(6-3-12)22-9-8-18-15-10-13(11-17)4-7-16(15)19(20)21/h2-7,10,18H,8-9H2,1H3. The smallest absolute Gasteiger partial charge is 0.292 e. The number of ether oxygens (including phenoxy) is 1. The van der Waals surface area contributed by atoms with Gasteiger partial charge in [-0.15, -0.1) is 0 Å². The minimum Gasteiger partial charge on any atom is -0.492 e. The summed E-state index contributed by atoms with van der Waals surface area (Å²) in [6.07, 6.45) is 0. The summed E-state index contributed by atoms with van der Waals surface area (Å²) in [6.45, 7) is 2.74. The highest BCUT2D eigenvalue weighted by Gasteiger charge is 2.13. The molecule has 2 aromatic carbocycles. The summed E-state index contributed by atoms with van der Waals surface area (Å²) < 4.78 is 5.54. The third kappa shape index (κ3) is 3.96. The lowest BCUT2D eigenvalue weighted by molar-refractivity contribution is -0.384. The Balaban J connectivity index is 1.95. The van der Waals surface area contributed by atoms with E-state index in [-0.39, 0.29) is 5.69 Å². The fourth-order valence-corrected chi connectivity index (χ4v) is 1.90. The molecule has 0 saturated carbocycles. The molecule has 2 aromatic rings. The molecule has 0 atom stereocenters. The molecule has 0 amide bonds. The van der Waals surface area contributed by atoms with Crippen molar-refractivity contribution in [2.24, 2.45) is 0 Å². The summed E-state index contributed by atoms with van der Waals surface area (Å²) in [4.78, 5) is 10.5. The zero-order valence-corrected chi connectivity index (χ0v) is 12.1. The Labute approximate surface area is 128 Å². The average molecular weight is 297 g/mol. The van der Waals surface area contributed by atoms with Crippen molar-refractivity contribution >= 4 is 11.4 Å². The number of hydrogen-bond donors (Lipinski definition) is 1. The molecular formula is C16H15N3O3. The lowest BCUT2D eigenvalue weighted by Crippen LogP contribution is -2.12. The van der Waals surface area contributed by atoms with E-state index in [1.807, 2.05) is 37.3 Å². The molecule has 6 heteroatoms. The van der Waals surface area contributed by atoms with Crippen LogP contribution < -0.4 is 10.1 Å². The Kier molecular flexibility index (Phi) is 4.94. The van der Waals surface area contributed by atoms with Crippen molar-refractivity contribution in [3.63, 3.8) is 0 Å². The largest absolute Gasteiger partial charge is 0.492 e. The van der Waals surface area contributed by atoms with E-state index < -0.39 is 4.92 Å². The van der Waals surface area contributed by atoms with E-state index in [9.17, 15) is 10.1 Å². The van der Waals surface area contributed by atoms with Gasteiger partial charge in [0.2, 0.25) is 0 Å². The number of hydrogen-bond acceptors (Lipinski definition) is 5. The second-order valence-electron chi connectivity index (χ2n) is 4.69. The number of rotatable bonds is 6. The maximum Gasteiger partial charge on any atom is 0.292 e. The van der Waals surface area contributed by atoms with E-state index >= 15 is 0 Å². The van der Waals surface area contributed by atoms with Gasteiger partial charge in [-0.2, -0.15) is 5.26 Å². The lowest BCUT2D eigenvalue weighted by atomic mass is 10.2. The van der Waals surface area contributed by atoms with Crippen LogP contribution in [0.4, 0.5) is 11.4 Å². The predicted octanol–water partition coefficient (Wildman–Crippen LogP) is 3.27. The molecule has 0 saturated heterocycles. The first-order chi connectivity index (χ1) is 10.6. The van der Waals surface area contributed by atoms with Gasteiger partial charge in [-0.05, 0) is 31.2 Å². The molecule has 0 spiro atoms. The van der Waals surface area contributed by atoms with Crippen LogP contribution in [0.15, 0.2) is 42.5 Å². The van der Waals surface area contributed by atoms with Gasteiger partial charge >= 0.3 is 0 Å². The average Bonchev–Trinajstić information content (AvgIpc) is 2.52. The number of aryl methyl sites for hydroxylation is 1. The molecule has 0 radical (unpaired) electrons. The Bertz CT molecular complexity index is 706. The van der Waals surface area contributed by atoms with E-state index in [1.54, 1.807) is 0 Å². The summed E-state index contributed by atoms with van der Waals surface area (Å²) >= 11 is 0. The summed E-state index contributed by atoms with van der Waals surface area (Å²) in [6, 6.07) is 13.8. The molecule has 2 rings (SSSR count). The highest BCUT2D eigenvalue weighted by molar-refractivity contribution is 5.64. The maximum absolute atomic E-state index is 11.0. The predicted molar refractivity (Wildman–Crippen MR) is 83.0 cm³/mol. The van der Waals surface area contributed by atoms with Crippen molar-refractivity contribution in [3.05, 3.63) is 63.7 Å². The van der Waals surface area contributed by atoms with E-state index in [1.165, 1.54) is 18.2 Å². The van der Waals surface area contributed by atoms with Gasteiger partial charge < -0.3 is 10.1 Å². The number of nitro groups is 1. The van der Waals surface area contributed by atoms with E-state index in [2.05, 4.69) is 5.32 Å². The fourth-order valence-electron chi connectivity index (χ4n) is 1.90. The molecular weight excluding hydrogens is 282 g/mol. The number of nitro benzene ring substituents is 1. The maximum atomic E-state index is 11.0. The Morgan fingerprint density at radius 2 is 2.00 bits per heavy atom. The highest BCUT2D eigenvalue weighted by atomic mass is 16.6. The summed E-state index contributed by atoms with van der Waals surface area (Å²) in [5, 5.41) is 22.8. The zero-order chi connectivity index (χ0) is 15.9. The molecule has 0 aliphatic rings. The Morgan fingerprint density at radius 1 is 1.27 bits per heavy atom. The number of nitriles is 1. The van der Waals surface area contributed by atoms with Crippen LogP contribution in [0.1, 0.15) is 11.1 Å². The number of anilines is 1. The lowest BCUT2D eigenvalue weighted by Gasteiger charge is -2.09. The second kappa shape index (κ2) is 7.09. The van der Waals surface area contributed by atoms with Gasteiger partial charge in [-0.3, -0.25) is 10.1 Å². The quantitative estimate of drug-likeness (QED) is 0.502. The summed E-state index contributed by atoms with van der Waals surface area (Å²) in [7, 11) is 0. The van der Waals surface area contributed by atoms with Gasteiger partial charge in [0, 0.05) is 12.6 Å². The molecule has 112 valence electrons. The molecule has 0 aliphatic carbocycles. The van der Waals surface area contributed by atoms with Crippen LogP contribution in [0.3, 0.4) is 0 Å². The third-order valence-corrected chi connectivity index (χ3v) is 3.03. The van der Waals surface area contributed by atoms with Gasteiger partial charge in [0.1, 0.15) is 18.0 Å². The highest BCUT2D eigenvalue weighted by Crippen LogP contribution is 2.25. The van der Waals surface area contributed by atoms with Crippen molar-refractivity contribution in [3.8, 4) is 11.8 Å². The monoisotopic (exact) mass is 297 g/mol. The molecule has 6 nitrogen and oxygen atoms in total. The fraction of sp³-hybridized carbons (Fsp3) is 0.188. The van der Waals surface area contributed by atoms with E-state index in [4.69, 9.17) is 10.00 Å². The van der Waals surface area contributed by atoms with Crippen molar-refractivity contribution in [2.45, 2.75) is 6.92 Å². The number of nitrogens with zero attached hydrogens (tertiary/aromatic N) is 2. The SMILES string of the molecule is Cc1ccc(OCCNc2cc(C#N)ccc2[N+](=O)[O-])cc1. The molecule has 22 heavy (non-hydrogen) atoms. The van der Waals surface area contributed by atoms with E-state index in [0.717, 1.165) is 11.3 Å². The molecule has 0 aliphatic heterocycles. The molecule has 0 fully saturated rings. The molecule has 1 N–H and O–H groups in total. The van der Waals surface area contributed by atoms with Crippen LogP contribution in [0.25, 0.3) is 0 Å². The van der Waals surface area contributed by atoms with Crippen molar-refractivity contribution in [1.29, 1.82) is 5.26 Å². The second-order valence-corrected chi connectivity index (χ2v) is 4.69. The first-order valence-corrected chi connectivity index (χ1v) is 6.72. The molecule has 0 aromatic heterocycles. The third-order valence-electron chi connectivity index (χ3n) is 3.03. The van der Waals surface area contributed by atoms with Gasteiger partial charge in [-0.1, -0.05) is 17.7 Å². The summed E-state index contributed by atoms with van der Waals surface area (Å²) in [5.41, 5.74) is 1.77. The number of benzene rings is 2. The van der Waals surface area contributed by atoms with E-state index in [0.29, 0.717) is 24.4 Å². The van der Waals surface area contributed by atoms with Gasteiger partial charge in [0.15, 0.2) is 0 Å². The van der Waals surface area contributed by atoms with Crippen LogP contribution in [0.2, 0.25) is 0 Å². The topological polar surface area (TPSA) is 88.2 Å². The summed E-state index contributed by atoms with van der Waals surface area (Å²) in [5.74, 6) is 0.743. The van der Waals surface area contributed by atoms with Gasteiger partial charge in [0.05, 0.1) is 16.6 Å². The van der Waals surface area contributed by atoms with Crippen LogP contribution >= 0.6 is 0 Å². The zero-order valence-electron chi connectivity index (χ0n) is 12.1. The first kappa shape index (κ1) is 15.3. The van der Waals surface area contributed by atoms with Gasteiger partial charge in [0.25, 0.3) is 5.69 Å². The van der Waals surface area contributed by atoms with Crippen LogP contribution in [0, 0.1) is 28.4 Å². The minimum absolute atomic E-state index is 0.0608. The molecule has 0 bridgehead atoms. The number of nitrogens with one attached hydrogen (secondary N) is 1. The van der Waals surface area contributed by atoms with Gasteiger partial charge in [-0.25, -0.2) is 0 Å². The Hall–Kier alpha value is -3.07. The molecule has 0 unspecified atom stereocenters. The van der Waals surface area contributed by atoms with Crippen molar-refractivity contribution in [1.82, 2.24) is 0 Å². The van der Waals surface area contributed by atoms with Crippen LogP contribution in [-0.4, -0.2) is 18.1 Å². The first-order valence-electron chi connectivity index (χ1n) is 6.72. The van der Waals surface area contributed by atoms with Crippen molar-refractivity contribution in [2.75, 3.05) is 18.5 Å². The van der Waals surface area contributed by atoms with Crippen LogP contribution in [-0.2, 0) is 0 Å².